The minimum Gasteiger partial charge on any atom is -0.457 e. The van der Waals surface area contributed by atoms with Crippen molar-refractivity contribution in [3.05, 3.63) is 84.2 Å². The lowest BCUT2D eigenvalue weighted by Crippen LogP contribution is -2.47. The normalized spacial score (nSPS) is 17.4. The number of anilines is 2. The fourth-order valence-electron chi connectivity index (χ4n) is 5.49. The molecule has 0 spiro atoms. The van der Waals surface area contributed by atoms with Gasteiger partial charge in [-0.3, -0.25) is 20.0 Å². The van der Waals surface area contributed by atoms with E-state index in [-0.39, 0.29) is 23.5 Å². The van der Waals surface area contributed by atoms with Crippen LogP contribution < -0.4 is 21.5 Å². The number of nitrogen functional groups attached to an aromatic ring is 1. The van der Waals surface area contributed by atoms with E-state index in [0.717, 1.165) is 57.9 Å². The minimum absolute atomic E-state index is 0.0150. The van der Waals surface area contributed by atoms with E-state index in [1.165, 1.54) is 6.33 Å². The van der Waals surface area contributed by atoms with E-state index in [4.69, 9.17) is 21.6 Å². The number of rotatable bonds is 11. The van der Waals surface area contributed by atoms with Gasteiger partial charge in [-0.1, -0.05) is 38.1 Å². The Bertz CT molecular complexity index is 1390. The molecule has 11 nitrogen and oxygen atoms in total. The number of hydrogen-bond donors (Lipinski definition) is 4. The summed E-state index contributed by atoms with van der Waals surface area (Å²) >= 11 is 0. The SMILES string of the molecule is CC.N=C(c1ccc(Oc2ccccc2)cc1)c1c(N)ncnc1NC1CCCN(C(=O)/C=C/CN2CCN(CCN)CC2)C1. The average molecular weight is 614 g/mol. The maximum absolute atomic E-state index is 13.0. The van der Waals surface area contributed by atoms with Crippen LogP contribution >= 0.6 is 0 Å². The van der Waals surface area contributed by atoms with Gasteiger partial charge >= 0.3 is 0 Å². The molecule has 6 N–H and O–H groups in total. The fraction of sp³-hybridized carbons (Fsp3) is 0.412. The van der Waals surface area contributed by atoms with E-state index in [1.54, 1.807) is 6.08 Å². The van der Waals surface area contributed by atoms with Gasteiger partial charge in [0.1, 0.15) is 29.5 Å². The molecule has 2 saturated heterocycles. The minimum atomic E-state index is -0.0239. The molecule has 1 aromatic heterocycles. The summed E-state index contributed by atoms with van der Waals surface area (Å²) in [5.41, 5.74) is 13.3. The first-order valence-corrected chi connectivity index (χ1v) is 15.9. The van der Waals surface area contributed by atoms with Crippen LogP contribution in [0, 0.1) is 5.41 Å². The third kappa shape index (κ3) is 9.58. The Morgan fingerprint density at radius 2 is 1.69 bits per heavy atom. The van der Waals surface area contributed by atoms with Crippen molar-refractivity contribution in [3.8, 4) is 11.5 Å². The Labute approximate surface area is 266 Å². The van der Waals surface area contributed by atoms with Gasteiger partial charge in [-0.25, -0.2) is 9.97 Å². The van der Waals surface area contributed by atoms with Crippen LogP contribution in [-0.2, 0) is 4.79 Å². The Morgan fingerprint density at radius 1 is 1.00 bits per heavy atom. The summed E-state index contributed by atoms with van der Waals surface area (Å²) in [4.78, 5) is 28.2. The highest BCUT2D eigenvalue weighted by atomic mass is 16.5. The molecule has 2 aliphatic heterocycles. The number of aromatic nitrogens is 2. The van der Waals surface area contributed by atoms with Crippen molar-refractivity contribution in [2.45, 2.75) is 32.7 Å². The zero-order chi connectivity index (χ0) is 32.0. The third-order valence-electron chi connectivity index (χ3n) is 7.86. The second-order valence-corrected chi connectivity index (χ2v) is 10.9. The molecule has 1 atom stereocenters. The number of carbonyl (C=O) groups excluding carboxylic acids is 1. The maximum Gasteiger partial charge on any atom is 0.246 e. The molecule has 0 radical (unpaired) electrons. The number of hydrogen-bond acceptors (Lipinski definition) is 10. The van der Waals surface area contributed by atoms with Crippen molar-refractivity contribution in [2.24, 2.45) is 5.73 Å². The van der Waals surface area contributed by atoms with Crippen LogP contribution in [0.3, 0.4) is 0 Å². The summed E-state index contributed by atoms with van der Waals surface area (Å²) < 4.78 is 5.89. The van der Waals surface area contributed by atoms with Crippen molar-refractivity contribution in [2.75, 3.05) is 70.0 Å². The summed E-state index contributed by atoms with van der Waals surface area (Å²) in [5, 5.41) is 12.4. The maximum atomic E-state index is 13.0. The zero-order valence-corrected chi connectivity index (χ0v) is 26.5. The van der Waals surface area contributed by atoms with Crippen LogP contribution in [-0.4, -0.2) is 101 Å². The summed E-state index contributed by atoms with van der Waals surface area (Å²) in [5.74, 6) is 2.14. The first-order chi connectivity index (χ1) is 22.0. The van der Waals surface area contributed by atoms with Gasteiger partial charge in [0.15, 0.2) is 0 Å². The third-order valence-corrected chi connectivity index (χ3v) is 7.86. The van der Waals surface area contributed by atoms with Gasteiger partial charge in [-0.15, -0.1) is 0 Å². The van der Waals surface area contributed by atoms with E-state index < -0.39 is 0 Å². The molecule has 11 heteroatoms. The van der Waals surface area contributed by atoms with E-state index in [0.29, 0.717) is 42.3 Å². The van der Waals surface area contributed by atoms with Gasteiger partial charge in [0.05, 0.1) is 11.3 Å². The van der Waals surface area contributed by atoms with Crippen LogP contribution in [0.4, 0.5) is 11.6 Å². The monoisotopic (exact) mass is 613 g/mol. The second kappa shape index (κ2) is 17.2. The van der Waals surface area contributed by atoms with Crippen molar-refractivity contribution in [1.82, 2.24) is 24.7 Å². The number of piperidine rings is 1. The zero-order valence-electron chi connectivity index (χ0n) is 26.5. The molecule has 240 valence electrons. The van der Waals surface area contributed by atoms with Gasteiger partial charge in [-0.2, -0.15) is 0 Å². The van der Waals surface area contributed by atoms with Crippen molar-refractivity contribution >= 4 is 23.3 Å². The topological polar surface area (TPSA) is 150 Å². The van der Waals surface area contributed by atoms with Gasteiger partial charge in [-0.05, 0) is 49.2 Å². The molecule has 0 saturated carbocycles. The number of likely N-dealkylation sites (tertiary alicyclic amines) is 1. The number of benzene rings is 2. The first kappa shape index (κ1) is 33.6. The Hall–Kier alpha value is -4.32. The molecule has 2 aliphatic rings. The molecule has 5 rings (SSSR count). The van der Waals surface area contributed by atoms with E-state index in [2.05, 4.69) is 25.1 Å². The highest BCUT2D eigenvalue weighted by Crippen LogP contribution is 2.26. The van der Waals surface area contributed by atoms with Gasteiger partial charge in [0.25, 0.3) is 0 Å². The molecule has 45 heavy (non-hydrogen) atoms. The fourth-order valence-corrected chi connectivity index (χ4v) is 5.49. The molecular weight excluding hydrogens is 566 g/mol. The molecule has 3 heterocycles. The van der Waals surface area contributed by atoms with Crippen molar-refractivity contribution in [3.63, 3.8) is 0 Å². The van der Waals surface area contributed by atoms with Crippen LogP contribution in [0.2, 0.25) is 0 Å². The molecule has 1 amide bonds. The number of nitrogens with one attached hydrogen (secondary N) is 2. The van der Waals surface area contributed by atoms with Gasteiger partial charge in [0, 0.05) is 76.6 Å². The number of carbonyl (C=O) groups is 1. The lowest BCUT2D eigenvalue weighted by Gasteiger charge is -2.34. The lowest BCUT2D eigenvalue weighted by atomic mass is 10.0. The van der Waals surface area contributed by atoms with Crippen LogP contribution in [0.15, 0.2) is 73.1 Å². The number of amides is 1. The first-order valence-electron chi connectivity index (χ1n) is 15.9. The average Bonchev–Trinajstić information content (AvgIpc) is 3.07. The molecule has 2 aromatic carbocycles. The largest absolute Gasteiger partial charge is 0.457 e. The lowest BCUT2D eigenvalue weighted by molar-refractivity contribution is -0.127. The highest BCUT2D eigenvalue weighted by Gasteiger charge is 2.25. The molecule has 0 aliphatic carbocycles. The van der Waals surface area contributed by atoms with Crippen molar-refractivity contribution in [1.29, 1.82) is 5.41 Å². The Morgan fingerprint density at radius 3 is 2.40 bits per heavy atom. The smallest absolute Gasteiger partial charge is 0.246 e. The van der Waals surface area contributed by atoms with Crippen LogP contribution in [0.5, 0.6) is 11.5 Å². The van der Waals surface area contributed by atoms with Gasteiger partial charge in [0.2, 0.25) is 5.91 Å². The molecular formula is C34H47N9O2. The summed E-state index contributed by atoms with van der Waals surface area (Å²) in [6.45, 7) is 11.6. The quantitative estimate of drug-likeness (QED) is 0.187. The standard InChI is InChI=1S/C32H41N9O2.C2H6/c33-14-17-40-20-18-39(19-21-40)15-5-9-28(42)41-16-4-6-25(22-41)38-32-29(31(35)36-23-37-32)30(34)24-10-12-27(13-11-24)43-26-7-2-1-3-8-26;1-2/h1-3,5,7-13,23,25,34H,4,6,14-22,33H2,(H3,35,36,37,38);1-2H3/b9-5+,34-30?;. The predicted molar refractivity (Wildman–Crippen MR) is 181 cm³/mol. The van der Waals surface area contributed by atoms with E-state index in [9.17, 15) is 4.79 Å². The Kier molecular flexibility index (Phi) is 12.9. The number of ether oxygens (including phenoxy) is 1. The molecule has 2 fully saturated rings. The second-order valence-electron chi connectivity index (χ2n) is 10.9. The predicted octanol–water partition coefficient (Wildman–Crippen LogP) is 3.83. The molecule has 3 aromatic rings. The van der Waals surface area contributed by atoms with Crippen LogP contribution in [0.1, 0.15) is 37.8 Å². The Balaban J connectivity index is 0.00000226. The summed E-state index contributed by atoms with van der Waals surface area (Å²) in [6, 6.07) is 16.8. The van der Waals surface area contributed by atoms with E-state index >= 15 is 0 Å². The number of nitrogens with zero attached hydrogens (tertiary/aromatic N) is 5. The number of nitrogens with two attached hydrogens (primary N) is 2. The summed E-state index contributed by atoms with van der Waals surface area (Å²) in [7, 11) is 0. The van der Waals surface area contributed by atoms with E-state index in [1.807, 2.05) is 79.4 Å². The number of piperazine rings is 1. The highest BCUT2D eigenvalue weighted by molar-refractivity contribution is 6.16. The summed E-state index contributed by atoms with van der Waals surface area (Å²) in [6.07, 6.45) is 6.82. The van der Waals surface area contributed by atoms with Gasteiger partial charge < -0.3 is 26.4 Å². The number of para-hydroxylation sites is 1. The van der Waals surface area contributed by atoms with Crippen LogP contribution in [0.25, 0.3) is 0 Å². The van der Waals surface area contributed by atoms with Crippen molar-refractivity contribution < 1.29 is 9.53 Å². The molecule has 1 unspecified atom stereocenters. The molecule has 0 bridgehead atoms.